The number of carbonyl (C=O) groups is 1. The van der Waals surface area contributed by atoms with Gasteiger partial charge in [-0.05, 0) is 12.1 Å². The number of esters is 1. The van der Waals surface area contributed by atoms with Gasteiger partial charge >= 0.3 is 5.97 Å². The maximum absolute atomic E-state index is 11.4. The summed E-state index contributed by atoms with van der Waals surface area (Å²) in [6, 6.07) is 3.24. The molecule has 1 aromatic rings. The van der Waals surface area contributed by atoms with E-state index in [9.17, 15) is 4.79 Å². The topological polar surface area (TPSA) is 57.2 Å². The molecule has 0 aliphatic carbocycles. The van der Waals surface area contributed by atoms with Gasteiger partial charge in [0.05, 0.1) is 7.11 Å². The van der Waals surface area contributed by atoms with Crippen molar-refractivity contribution in [2.45, 2.75) is 25.3 Å². The van der Waals surface area contributed by atoms with Crippen LogP contribution >= 0.6 is 0 Å². The molecular formula is C11H18N2O2. The van der Waals surface area contributed by atoms with Gasteiger partial charge in [-0.25, -0.2) is 0 Å². The van der Waals surface area contributed by atoms with Gasteiger partial charge < -0.3 is 15.0 Å². The van der Waals surface area contributed by atoms with Gasteiger partial charge in [0.25, 0.3) is 0 Å². The monoisotopic (exact) mass is 210 g/mol. The van der Waals surface area contributed by atoms with E-state index in [-0.39, 0.29) is 5.97 Å². The van der Waals surface area contributed by atoms with Gasteiger partial charge in [-0.15, -0.1) is 0 Å². The van der Waals surface area contributed by atoms with Gasteiger partial charge in [0.2, 0.25) is 0 Å². The largest absolute Gasteiger partial charge is 0.468 e. The maximum atomic E-state index is 11.4. The van der Waals surface area contributed by atoms with Crippen molar-refractivity contribution in [1.82, 2.24) is 4.57 Å². The predicted molar refractivity (Wildman–Crippen MR) is 58.4 cm³/mol. The highest BCUT2D eigenvalue weighted by molar-refractivity contribution is 5.77. The SMILES string of the molecule is COC(=O)C(N)C(C)(C)c1cccn1C. The molecule has 0 saturated carbocycles. The molecule has 1 aromatic heterocycles. The summed E-state index contributed by atoms with van der Waals surface area (Å²) in [4.78, 5) is 11.4. The number of rotatable bonds is 3. The first-order chi connectivity index (χ1) is 6.91. The minimum atomic E-state index is -0.656. The molecule has 0 radical (unpaired) electrons. The zero-order valence-corrected chi connectivity index (χ0v) is 9.65. The fourth-order valence-corrected chi connectivity index (χ4v) is 1.71. The van der Waals surface area contributed by atoms with E-state index in [2.05, 4.69) is 4.74 Å². The number of nitrogens with two attached hydrogens (primary N) is 1. The van der Waals surface area contributed by atoms with Crippen molar-refractivity contribution in [3.8, 4) is 0 Å². The third kappa shape index (κ3) is 2.04. The van der Waals surface area contributed by atoms with Crippen LogP contribution in [-0.4, -0.2) is 23.7 Å². The Morgan fingerprint density at radius 2 is 2.20 bits per heavy atom. The molecule has 0 fully saturated rings. The molecule has 4 heteroatoms. The molecule has 0 aliphatic heterocycles. The molecule has 84 valence electrons. The van der Waals surface area contributed by atoms with E-state index >= 15 is 0 Å². The van der Waals surface area contributed by atoms with Crippen LogP contribution < -0.4 is 5.73 Å². The van der Waals surface area contributed by atoms with Gasteiger partial charge in [-0.3, -0.25) is 4.79 Å². The summed E-state index contributed by atoms with van der Waals surface area (Å²) in [5.41, 5.74) is 6.45. The summed E-state index contributed by atoms with van der Waals surface area (Å²) < 4.78 is 6.62. The van der Waals surface area contributed by atoms with Crippen LogP contribution in [0.25, 0.3) is 0 Å². The second-order valence-electron chi connectivity index (χ2n) is 4.23. The molecule has 2 N–H and O–H groups in total. The van der Waals surface area contributed by atoms with Crippen LogP contribution in [-0.2, 0) is 22.0 Å². The van der Waals surface area contributed by atoms with Crippen LogP contribution in [0.5, 0.6) is 0 Å². The quantitative estimate of drug-likeness (QED) is 0.751. The van der Waals surface area contributed by atoms with E-state index < -0.39 is 11.5 Å². The third-order valence-corrected chi connectivity index (χ3v) is 2.84. The minimum Gasteiger partial charge on any atom is -0.468 e. The van der Waals surface area contributed by atoms with Gasteiger partial charge in [0.15, 0.2) is 0 Å². The first kappa shape index (κ1) is 11.8. The lowest BCUT2D eigenvalue weighted by atomic mass is 9.81. The maximum Gasteiger partial charge on any atom is 0.323 e. The standard InChI is InChI=1S/C11H18N2O2/c1-11(2,9(12)10(14)15-4)8-6-5-7-13(8)3/h5-7,9H,12H2,1-4H3. The van der Waals surface area contributed by atoms with E-state index in [4.69, 9.17) is 5.73 Å². The summed E-state index contributed by atoms with van der Waals surface area (Å²) in [6.45, 7) is 3.87. The number of nitrogens with zero attached hydrogens (tertiary/aromatic N) is 1. The van der Waals surface area contributed by atoms with Crippen LogP contribution in [0.3, 0.4) is 0 Å². The van der Waals surface area contributed by atoms with E-state index in [1.165, 1.54) is 7.11 Å². The van der Waals surface area contributed by atoms with Crippen LogP contribution in [0.1, 0.15) is 19.5 Å². The summed E-state index contributed by atoms with van der Waals surface area (Å²) in [6.07, 6.45) is 1.93. The van der Waals surface area contributed by atoms with Crippen molar-refractivity contribution < 1.29 is 9.53 Å². The molecule has 15 heavy (non-hydrogen) atoms. The lowest BCUT2D eigenvalue weighted by Crippen LogP contribution is -2.48. The molecule has 1 atom stereocenters. The summed E-state index contributed by atoms with van der Waals surface area (Å²) >= 11 is 0. The van der Waals surface area contributed by atoms with E-state index in [0.717, 1.165) is 5.69 Å². The minimum absolute atomic E-state index is 0.388. The highest BCUT2D eigenvalue weighted by atomic mass is 16.5. The molecule has 1 unspecified atom stereocenters. The number of methoxy groups -OCH3 is 1. The Balaban J connectivity index is 3.02. The van der Waals surface area contributed by atoms with E-state index in [1.807, 2.05) is 43.8 Å². The average Bonchev–Trinajstić information content (AvgIpc) is 2.62. The Morgan fingerprint density at radius 3 is 2.60 bits per heavy atom. The molecule has 0 amide bonds. The lowest BCUT2D eigenvalue weighted by molar-refractivity contribution is -0.143. The van der Waals surface area contributed by atoms with Crippen molar-refractivity contribution in [3.63, 3.8) is 0 Å². The molecule has 0 aliphatic rings. The number of ether oxygens (including phenoxy) is 1. The number of hydrogen-bond acceptors (Lipinski definition) is 3. The Kier molecular flexibility index (Phi) is 3.19. The number of aryl methyl sites for hydroxylation is 1. The molecule has 0 spiro atoms. The van der Waals surface area contributed by atoms with Gasteiger partial charge in [-0.1, -0.05) is 13.8 Å². The van der Waals surface area contributed by atoms with Crippen LogP contribution in [0.15, 0.2) is 18.3 Å². The Hall–Kier alpha value is -1.29. The molecule has 0 bridgehead atoms. The van der Waals surface area contributed by atoms with Crippen LogP contribution in [0.2, 0.25) is 0 Å². The summed E-state index contributed by atoms with van der Waals surface area (Å²) in [7, 11) is 3.28. The number of aromatic nitrogens is 1. The average molecular weight is 210 g/mol. The van der Waals surface area contributed by atoms with Crippen molar-refractivity contribution in [2.24, 2.45) is 12.8 Å². The number of hydrogen-bond donors (Lipinski definition) is 1. The smallest absolute Gasteiger partial charge is 0.323 e. The highest BCUT2D eigenvalue weighted by Crippen LogP contribution is 2.26. The zero-order valence-electron chi connectivity index (χ0n) is 9.65. The van der Waals surface area contributed by atoms with Crippen molar-refractivity contribution >= 4 is 5.97 Å². The summed E-state index contributed by atoms with van der Waals surface area (Å²) in [5.74, 6) is -0.388. The molecular weight excluding hydrogens is 192 g/mol. The molecule has 4 nitrogen and oxygen atoms in total. The molecule has 1 heterocycles. The van der Waals surface area contributed by atoms with Gasteiger partial charge in [-0.2, -0.15) is 0 Å². The molecule has 0 saturated heterocycles. The van der Waals surface area contributed by atoms with Gasteiger partial charge in [0, 0.05) is 24.4 Å². The van der Waals surface area contributed by atoms with Crippen LogP contribution in [0.4, 0.5) is 0 Å². The Bertz CT molecular complexity index is 355. The summed E-state index contributed by atoms with van der Waals surface area (Å²) in [5, 5.41) is 0. The third-order valence-electron chi connectivity index (χ3n) is 2.84. The normalized spacial score (nSPS) is 13.7. The van der Waals surface area contributed by atoms with Gasteiger partial charge in [0.1, 0.15) is 6.04 Å². The Morgan fingerprint density at radius 1 is 1.60 bits per heavy atom. The highest BCUT2D eigenvalue weighted by Gasteiger charge is 2.36. The van der Waals surface area contributed by atoms with E-state index in [0.29, 0.717) is 0 Å². The van der Waals surface area contributed by atoms with Crippen molar-refractivity contribution in [3.05, 3.63) is 24.0 Å². The van der Waals surface area contributed by atoms with Crippen LogP contribution in [0, 0.1) is 0 Å². The first-order valence-corrected chi connectivity index (χ1v) is 4.86. The molecule has 0 aromatic carbocycles. The van der Waals surface area contributed by atoms with Crippen molar-refractivity contribution in [1.29, 1.82) is 0 Å². The fourth-order valence-electron chi connectivity index (χ4n) is 1.71. The second kappa shape index (κ2) is 4.06. The van der Waals surface area contributed by atoms with Crippen molar-refractivity contribution in [2.75, 3.05) is 7.11 Å². The first-order valence-electron chi connectivity index (χ1n) is 4.86. The fraction of sp³-hybridized carbons (Fsp3) is 0.545. The molecule has 1 rings (SSSR count). The predicted octanol–water partition coefficient (Wildman–Crippen LogP) is 0.803. The lowest BCUT2D eigenvalue weighted by Gasteiger charge is -2.30. The Labute approximate surface area is 90.0 Å². The second-order valence-corrected chi connectivity index (χ2v) is 4.23. The zero-order chi connectivity index (χ0) is 11.6. The number of carbonyl (C=O) groups excluding carboxylic acids is 1. The van der Waals surface area contributed by atoms with E-state index in [1.54, 1.807) is 0 Å².